The van der Waals surface area contributed by atoms with Crippen molar-refractivity contribution >= 4 is 11.8 Å². The van der Waals surface area contributed by atoms with Gasteiger partial charge in [-0.25, -0.2) is 0 Å². The fourth-order valence-electron chi connectivity index (χ4n) is 1.82. The lowest BCUT2D eigenvalue weighted by atomic mass is 10.1. The molecule has 2 rings (SSSR count). The summed E-state index contributed by atoms with van der Waals surface area (Å²) in [6, 6.07) is 0.384. The summed E-state index contributed by atoms with van der Waals surface area (Å²) in [5.41, 5.74) is 0. The Kier molecular flexibility index (Phi) is 2.07. The van der Waals surface area contributed by atoms with Crippen molar-refractivity contribution in [2.24, 2.45) is 5.92 Å². The zero-order valence-electron chi connectivity index (χ0n) is 7.75. The lowest BCUT2D eigenvalue weighted by molar-refractivity contribution is -0.137. The van der Waals surface area contributed by atoms with Gasteiger partial charge in [0.1, 0.15) is 0 Å². The van der Waals surface area contributed by atoms with Gasteiger partial charge < -0.3 is 0 Å². The van der Waals surface area contributed by atoms with E-state index < -0.39 is 0 Å². The summed E-state index contributed by atoms with van der Waals surface area (Å²) < 4.78 is 0. The second-order valence-electron chi connectivity index (χ2n) is 3.95. The van der Waals surface area contributed by atoms with Crippen molar-refractivity contribution in [2.45, 2.75) is 25.8 Å². The van der Waals surface area contributed by atoms with Crippen LogP contribution in [0.4, 0.5) is 0 Å². The van der Waals surface area contributed by atoms with Crippen molar-refractivity contribution in [1.29, 1.82) is 0 Å². The van der Waals surface area contributed by atoms with E-state index in [2.05, 4.69) is 12.2 Å². The number of piperazine rings is 1. The van der Waals surface area contributed by atoms with Crippen LogP contribution in [0, 0.1) is 5.92 Å². The number of nitrogens with zero attached hydrogens (tertiary/aromatic N) is 1. The van der Waals surface area contributed by atoms with E-state index in [1.807, 2.05) is 4.90 Å². The van der Waals surface area contributed by atoms with Gasteiger partial charge in [-0.15, -0.1) is 0 Å². The fourth-order valence-corrected chi connectivity index (χ4v) is 1.82. The first-order valence-electron chi connectivity index (χ1n) is 4.73. The second-order valence-corrected chi connectivity index (χ2v) is 3.95. The van der Waals surface area contributed by atoms with E-state index in [0.717, 1.165) is 0 Å². The van der Waals surface area contributed by atoms with Crippen molar-refractivity contribution < 1.29 is 9.59 Å². The highest BCUT2D eigenvalue weighted by molar-refractivity contribution is 5.99. The Morgan fingerprint density at radius 2 is 1.85 bits per heavy atom. The van der Waals surface area contributed by atoms with Gasteiger partial charge in [-0.05, 0) is 25.7 Å². The molecule has 1 heterocycles. The third-order valence-electron chi connectivity index (χ3n) is 2.85. The van der Waals surface area contributed by atoms with Gasteiger partial charge in [-0.2, -0.15) is 0 Å². The third kappa shape index (κ3) is 1.88. The van der Waals surface area contributed by atoms with Crippen LogP contribution in [0.1, 0.15) is 19.8 Å². The minimum absolute atomic E-state index is 0.163. The molecule has 1 saturated carbocycles. The monoisotopic (exact) mass is 182 g/mol. The fraction of sp³-hybridized carbons (Fsp3) is 0.778. The minimum Gasteiger partial charge on any atom is -0.294 e. The van der Waals surface area contributed by atoms with Crippen LogP contribution in [0.5, 0.6) is 0 Å². The molecule has 4 nitrogen and oxygen atoms in total. The van der Waals surface area contributed by atoms with E-state index >= 15 is 0 Å². The highest BCUT2D eigenvalue weighted by Gasteiger charge is 2.35. The summed E-state index contributed by atoms with van der Waals surface area (Å²) in [6.07, 6.45) is 2.49. The minimum atomic E-state index is -0.163. The predicted molar refractivity (Wildman–Crippen MR) is 46.9 cm³/mol. The van der Waals surface area contributed by atoms with E-state index in [1.54, 1.807) is 0 Å². The van der Waals surface area contributed by atoms with Gasteiger partial charge in [-0.1, -0.05) is 0 Å². The van der Waals surface area contributed by atoms with Gasteiger partial charge in [0.25, 0.3) is 0 Å². The van der Waals surface area contributed by atoms with Crippen molar-refractivity contribution in [3.63, 3.8) is 0 Å². The summed E-state index contributed by atoms with van der Waals surface area (Å²) in [4.78, 5) is 24.1. The predicted octanol–water partition coefficient (Wildman–Crippen LogP) is -0.257. The number of carbonyl (C=O) groups excluding carboxylic acids is 2. The normalized spacial score (nSPS) is 27.2. The molecule has 1 aliphatic carbocycles. The molecular weight excluding hydrogens is 168 g/mol. The van der Waals surface area contributed by atoms with Gasteiger partial charge in [-0.3, -0.25) is 19.8 Å². The van der Waals surface area contributed by atoms with Crippen LogP contribution in [0.25, 0.3) is 0 Å². The lowest BCUT2D eigenvalue weighted by Crippen LogP contribution is -2.54. The first-order valence-corrected chi connectivity index (χ1v) is 4.73. The molecule has 0 radical (unpaired) electrons. The molecule has 1 atom stereocenters. The van der Waals surface area contributed by atoms with Gasteiger partial charge >= 0.3 is 0 Å². The van der Waals surface area contributed by atoms with Gasteiger partial charge in [0, 0.05) is 6.04 Å². The Bertz CT molecular complexity index is 232. The van der Waals surface area contributed by atoms with Crippen LogP contribution in [-0.2, 0) is 9.59 Å². The molecule has 0 bridgehead atoms. The highest BCUT2D eigenvalue weighted by atomic mass is 16.2. The molecule has 0 aromatic carbocycles. The highest BCUT2D eigenvalue weighted by Crippen LogP contribution is 2.35. The molecule has 13 heavy (non-hydrogen) atoms. The average molecular weight is 182 g/mol. The maximum absolute atomic E-state index is 11.1. The first-order chi connectivity index (χ1) is 6.16. The summed E-state index contributed by atoms with van der Waals surface area (Å²) in [5, 5.41) is 2.30. The number of rotatable bonds is 2. The summed E-state index contributed by atoms with van der Waals surface area (Å²) in [6.45, 7) is 2.86. The molecule has 2 fully saturated rings. The molecule has 72 valence electrons. The van der Waals surface area contributed by atoms with Crippen molar-refractivity contribution in [1.82, 2.24) is 10.2 Å². The SMILES string of the molecule is CC(C1CC1)N1CC(=O)NC(=O)C1. The van der Waals surface area contributed by atoms with E-state index in [4.69, 9.17) is 0 Å². The quantitative estimate of drug-likeness (QED) is 0.599. The Labute approximate surface area is 77.3 Å². The Balaban J connectivity index is 1.97. The van der Waals surface area contributed by atoms with Gasteiger partial charge in [0.2, 0.25) is 11.8 Å². The van der Waals surface area contributed by atoms with E-state index in [9.17, 15) is 9.59 Å². The zero-order valence-corrected chi connectivity index (χ0v) is 7.75. The first kappa shape index (κ1) is 8.69. The van der Waals surface area contributed by atoms with Crippen LogP contribution >= 0.6 is 0 Å². The van der Waals surface area contributed by atoms with Crippen molar-refractivity contribution in [3.05, 3.63) is 0 Å². The van der Waals surface area contributed by atoms with E-state index in [1.165, 1.54) is 12.8 Å². The third-order valence-corrected chi connectivity index (χ3v) is 2.85. The number of hydrogen-bond acceptors (Lipinski definition) is 3. The standard InChI is InChI=1S/C9H14N2O2/c1-6(7-2-3-7)11-4-8(12)10-9(13)5-11/h6-7H,2-5H2,1H3,(H,10,12,13). The van der Waals surface area contributed by atoms with Crippen molar-refractivity contribution in [3.8, 4) is 0 Å². The number of amides is 2. The van der Waals surface area contributed by atoms with Crippen LogP contribution in [0.3, 0.4) is 0 Å². The second kappa shape index (κ2) is 3.10. The molecule has 2 amide bonds. The van der Waals surface area contributed by atoms with Gasteiger partial charge in [0.05, 0.1) is 13.1 Å². The molecular formula is C9H14N2O2. The lowest BCUT2D eigenvalue weighted by Gasteiger charge is -2.30. The zero-order chi connectivity index (χ0) is 9.42. The molecule has 1 N–H and O–H groups in total. The number of carbonyl (C=O) groups is 2. The summed E-state index contributed by atoms with van der Waals surface area (Å²) >= 11 is 0. The Morgan fingerprint density at radius 1 is 1.31 bits per heavy atom. The number of hydrogen-bond donors (Lipinski definition) is 1. The van der Waals surface area contributed by atoms with Gasteiger partial charge in [0.15, 0.2) is 0 Å². The van der Waals surface area contributed by atoms with Crippen LogP contribution < -0.4 is 5.32 Å². The average Bonchev–Trinajstić information content (AvgIpc) is 2.83. The molecule has 2 aliphatic rings. The molecule has 1 saturated heterocycles. The summed E-state index contributed by atoms with van der Waals surface area (Å²) in [7, 11) is 0. The maximum atomic E-state index is 11.1. The smallest absolute Gasteiger partial charge is 0.240 e. The molecule has 1 aliphatic heterocycles. The van der Waals surface area contributed by atoms with Crippen LogP contribution in [0.15, 0.2) is 0 Å². The molecule has 0 aromatic heterocycles. The van der Waals surface area contributed by atoms with E-state index in [-0.39, 0.29) is 11.8 Å². The molecule has 0 aromatic rings. The van der Waals surface area contributed by atoms with Crippen molar-refractivity contribution in [2.75, 3.05) is 13.1 Å². The Morgan fingerprint density at radius 3 is 2.31 bits per heavy atom. The largest absolute Gasteiger partial charge is 0.294 e. The number of imide groups is 1. The maximum Gasteiger partial charge on any atom is 0.240 e. The number of nitrogens with one attached hydrogen (secondary N) is 1. The summed E-state index contributed by atoms with van der Waals surface area (Å²) in [5.74, 6) is 0.381. The van der Waals surface area contributed by atoms with E-state index in [0.29, 0.717) is 25.0 Å². The van der Waals surface area contributed by atoms with Crippen LogP contribution in [0.2, 0.25) is 0 Å². The molecule has 1 unspecified atom stereocenters. The van der Waals surface area contributed by atoms with Crippen LogP contribution in [-0.4, -0.2) is 35.8 Å². The molecule has 4 heteroatoms. The Hall–Kier alpha value is -0.900. The molecule has 0 spiro atoms. The topological polar surface area (TPSA) is 49.4 Å².